The Balaban J connectivity index is 1.89. The van der Waals surface area contributed by atoms with Crippen molar-refractivity contribution in [3.05, 3.63) is 41.6 Å². The number of piperidine rings is 1. The number of aryl methyl sites for hydroxylation is 1. The van der Waals surface area contributed by atoms with E-state index in [4.69, 9.17) is 0 Å². The highest BCUT2D eigenvalue weighted by Gasteiger charge is 2.16. The van der Waals surface area contributed by atoms with Crippen molar-refractivity contribution in [2.45, 2.75) is 26.2 Å². The van der Waals surface area contributed by atoms with Crippen molar-refractivity contribution in [1.82, 2.24) is 9.97 Å². The fourth-order valence-corrected chi connectivity index (χ4v) is 2.60. The van der Waals surface area contributed by atoms with Crippen molar-refractivity contribution in [3.8, 4) is 0 Å². The molecule has 1 aliphatic heterocycles. The van der Waals surface area contributed by atoms with E-state index in [9.17, 15) is 8.78 Å². The van der Waals surface area contributed by atoms with E-state index in [-0.39, 0.29) is 5.69 Å². The maximum absolute atomic E-state index is 13.7. The van der Waals surface area contributed by atoms with Crippen molar-refractivity contribution >= 4 is 17.5 Å². The number of hydrogen-bond acceptors (Lipinski definition) is 4. The van der Waals surface area contributed by atoms with Gasteiger partial charge in [0.15, 0.2) is 0 Å². The Morgan fingerprint density at radius 2 is 1.73 bits per heavy atom. The van der Waals surface area contributed by atoms with Crippen LogP contribution in [0.4, 0.5) is 26.2 Å². The van der Waals surface area contributed by atoms with E-state index in [1.54, 1.807) is 6.07 Å². The predicted octanol–water partition coefficient (Wildman–Crippen LogP) is 3.80. The summed E-state index contributed by atoms with van der Waals surface area (Å²) < 4.78 is 27.5. The number of rotatable bonds is 3. The number of anilines is 3. The summed E-state index contributed by atoms with van der Waals surface area (Å²) in [5.41, 5.74) is 0.569. The molecule has 2 heterocycles. The Morgan fingerprint density at radius 1 is 1.05 bits per heavy atom. The van der Waals surface area contributed by atoms with E-state index in [1.807, 2.05) is 6.92 Å². The van der Waals surface area contributed by atoms with Crippen LogP contribution in [0.3, 0.4) is 0 Å². The van der Waals surface area contributed by atoms with Gasteiger partial charge in [-0.2, -0.15) is 4.98 Å². The molecule has 1 aliphatic rings. The minimum atomic E-state index is -0.643. The topological polar surface area (TPSA) is 41.1 Å². The maximum Gasteiger partial charge on any atom is 0.227 e. The Kier molecular flexibility index (Phi) is 4.18. The van der Waals surface area contributed by atoms with Crippen LogP contribution >= 0.6 is 0 Å². The lowest BCUT2D eigenvalue weighted by Gasteiger charge is -2.27. The van der Waals surface area contributed by atoms with Gasteiger partial charge in [-0.05, 0) is 38.3 Å². The van der Waals surface area contributed by atoms with E-state index in [2.05, 4.69) is 20.2 Å². The molecule has 0 unspecified atom stereocenters. The summed E-state index contributed by atoms with van der Waals surface area (Å²) >= 11 is 0. The first-order chi connectivity index (χ1) is 10.6. The zero-order valence-electron chi connectivity index (χ0n) is 12.4. The normalized spacial score (nSPS) is 15.0. The molecule has 1 fully saturated rings. The van der Waals surface area contributed by atoms with Crippen LogP contribution in [0.2, 0.25) is 0 Å². The van der Waals surface area contributed by atoms with Gasteiger partial charge in [0, 0.05) is 24.8 Å². The van der Waals surface area contributed by atoms with Gasteiger partial charge in [-0.15, -0.1) is 0 Å². The summed E-state index contributed by atoms with van der Waals surface area (Å²) in [4.78, 5) is 10.9. The molecule has 0 saturated carbocycles. The quantitative estimate of drug-likeness (QED) is 0.936. The molecule has 116 valence electrons. The molecular formula is C16H18F2N4. The molecular weight excluding hydrogens is 286 g/mol. The third kappa shape index (κ3) is 3.16. The van der Waals surface area contributed by atoms with Crippen LogP contribution in [0.5, 0.6) is 0 Å². The average molecular weight is 304 g/mol. The first-order valence-corrected chi connectivity index (χ1v) is 7.45. The second-order valence-electron chi connectivity index (χ2n) is 5.46. The Labute approximate surface area is 128 Å². The highest BCUT2D eigenvalue weighted by molar-refractivity contribution is 5.59. The zero-order chi connectivity index (χ0) is 15.5. The number of aromatic nitrogens is 2. The second kappa shape index (κ2) is 6.25. The van der Waals surface area contributed by atoms with Gasteiger partial charge in [-0.1, -0.05) is 6.07 Å². The second-order valence-corrected chi connectivity index (χ2v) is 5.46. The standard InChI is InChI=1S/C16H18F2N4/c1-11-10-14(20-15-12(17)6-5-7-13(15)18)21-16(19-11)22-8-3-2-4-9-22/h5-7,10H,2-4,8-9H2,1H3,(H,19,20,21). The molecule has 3 rings (SSSR count). The third-order valence-electron chi connectivity index (χ3n) is 3.70. The third-order valence-corrected chi connectivity index (χ3v) is 3.70. The van der Waals surface area contributed by atoms with Gasteiger partial charge in [-0.25, -0.2) is 13.8 Å². The molecule has 0 atom stereocenters. The van der Waals surface area contributed by atoms with Gasteiger partial charge in [0.1, 0.15) is 23.1 Å². The first-order valence-electron chi connectivity index (χ1n) is 7.45. The molecule has 6 heteroatoms. The van der Waals surface area contributed by atoms with Crippen molar-refractivity contribution in [3.63, 3.8) is 0 Å². The molecule has 0 radical (unpaired) electrons. The zero-order valence-corrected chi connectivity index (χ0v) is 12.4. The number of hydrogen-bond donors (Lipinski definition) is 1. The van der Waals surface area contributed by atoms with E-state index < -0.39 is 11.6 Å². The Hall–Kier alpha value is -2.24. The average Bonchev–Trinajstić information content (AvgIpc) is 2.51. The van der Waals surface area contributed by atoms with E-state index in [0.717, 1.165) is 31.6 Å². The molecule has 4 nitrogen and oxygen atoms in total. The number of para-hydroxylation sites is 1. The summed E-state index contributed by atoms with van der Waals surface area (Å²) in [6.07, 6.45) is 3.44. The molecule has 1 aromatic heterocycles. The van der Waals surface area contributed by atoms with Crippen LogP contribution in [0, 0.1) is 18.6 Å². The van der Waals surface area contributed by atoms with E-state index in [1.165, 1.54) is 24.6 Å². The SMILES string of the molecule is Cc1cc(Nc2c(F)cccc2F)nc(N2CCCCC2)n1. The molecule has 1 saturated heterocycles. The van der Waals surface area contributed by atoms with Gasteiger partial charge in [-0.3, -0.25) is 0 Å². The van der Waals surface area contributed by atoms with Crippen LogP contribution in [-0.4, -0.2) is 23.1 Å². The van der Waals surface area contributed by atoms with Gasteiger partial charge in [0.2, 0.25) is 5.95 Å². The van der Waals surface area contributed by atoms with Crippen LogP contribution < -0.4 is 10.2 Å². The highest BCUT2D eigenvalue weighted by atomic mass is 19.1. The predicted molar refractivity (Wildman–Crippen MR) is 82.5 cm³/mol. The largest absolute Gasteiger partial charge is 0.341 e. The van der Waals surface area contributed by atoms with Crippen molar-refractivity contribution in [2.75, 3.05) is 23.3 Å². The van der Waals surface area contributed by atoms with Crippen LogP contribution in [0.1, 0.15) is 25.0 Å². The lowest BCUT2D eigenvalue weighted by Crippen LogP contribution is -2.31. The van der Waals surface area contributed by atoms with Gasteiger partial charge < -0.3 is 10.2 Å². The summed E-state index contributed by atoms with van der Waals surface area (Å²) in [7, 11) is 0. The molecule has 1 aromatic carbocycles. The highest BCUT2D eigenvalue weighted by Crippen LogP contribution is 2.24. The van der Waals surface area contributed by atoms with Gasteiger partial charge in [0.25, 0.3) is 0 Å². The smallest absolute Gasteiger partial charge is 0.227 e. The molecule has 2 aromatic rings. The summed E-state index contributed by atoms with van der Waals surface area (Å²) in [6, 6.07) is 5.44. The van der Waals surface area contributed by atoms with Crippen molar-refractivity contribution in [2.24, 2.45) is 0 Å². The first kappa shape index (κ1) is 14.7. The van der Waals surface area contributed by atoms with E-state index >= 15 is 0 Å². The minimum Gasteiger partial charge on any atom is -0.341 e. The monoisotopic (exact) mass is 304 g/mol. The van der Waals surface area contributed by atoms with Crippen LogP contribution in [-0.2, 0) is 0 Å². The molecule has 0 amide bonds. The summed E-state index contributed by atoms with van der Waals surface area (Å²) in [5.74, 6) is -0.275. The number of nitrogens with zero attached hydrogens (tertiary/aromatic N) is 3. The molecule has 22 heavy (non-hydrogen) atoms. The fourth-order valence-electron chi connectivity index (χ4n) is 2.60. The number of nitrogens with one attached hydrogen (secondary N) is 1. The van der Waals surface area contributed by atoms with Crippen molar-refractivity contribution < 1.29 is 8.78 Å². The molecule has 0 spiro atoms. The van der Waals surface area contributed by atoms with E-state index in [0.29, 0.717) is 11.8 Å². The molecule has 1 N–H and O–H groups in total. The summed E-state index contributed by atoms with van der Waals surface area (Å²) in [6.45, 7) is 3.67. The summed E-state index contributed by atoms with van der Waals surface area (Å²) in [5, 5.41) is 2.73. The van der Waals surface area contributed by atoms with Crippen molar-refractivity contribution in [1.29, 1.82) is 0 Å². The fraction of sp³-hybridized carbons (Fsp3) is 0.375. The minimum absolute atomic E-state index is 0.190. The Morgan fingerprint density at radius 3 is 2.41 bits per heavy atom. The molecule has 0 bridgehead atoms. The van der Waals surface area contributed by atoms with Gasteiger partial charge in [0.05, 0.1) is 0 Å². The molecule has 0 aliphatic carbocycles. The van der Waals surface area contributed by atoms with Crippen LogP contribution in [0.15, 0.2) is 24.3 Å². The number of halogens is 2. The lowest BCUT2D eigenvalue weighted by molar-refractivity contribution is 0.567. The number of benzene rings is 1. The lowest BCUT2D eigenvalue weighted by atomic mass is 10.1. The Bertz CT molecular complexity index is 649. The van der Waals surface area contributed by atoms with Crippen LogP contribution in [0.25, 0.3) is 0 Å². The maximum atomic E-state index is 13.7. The van der Waals surface area contributed by atoms with Gasteiger partial charge >= 0.3 is 0 Å².